The van der Waals surface area contributed by atoms with E-state index >= 15 is 0 Å². The topological polar surface area (TPSA) is 95.9 Å². The normalized spacial score (nSPS) is 45.8. The van der Waals surface area contributed by atoms with Gasteiger partial charge >= 0.3 is 0 Å². The van der Waals surface area contributed by atoms with Gasteiger partial charge in [-0.15, -0.1) is 0 Å². The second-order valence-electron chi connectivity index (χ2n) is 2.70. The van der Waals surface area contributed by atoms with Crippen LogP contribution in [0.2, 0.25) is 0 Å². The Labute approximate surface area is 64.4 Å². The van der Waals surface area contributed by atoms with Crippen LogP contribution in [0.25, 0.3) is 0 Å². The van der Waals surface area contributed by atoms with Crippen LogP contribution in [0, 0.1) is 0 Å². The maximum absolute atomic E-state index is 9.23. The van der Waals surface area contributed by atoms with E-state index in [0.717, 1.165) is 0 Å². The third kappa shape index (κ3) is 1.88. The zero-order chi connectivity index (χ0) is 8.43. The van der Waals surface area contributed by atoms with Crippen LogP contribution >= 0.6 is 0 Å². The molecule has 0 aromatic carbocycles. The Kier molecular flexibility index (Phi) is 2.80. The fourth-order valence-corrected chi connectivity index (χ4v) is 1.14. The van der Waals surface area contributed by atoms with Crippen molar-refractivity contribution >= 4 is 0 Å². The Morgan fingerprint density at radius 1 is 1.45 bits per heavy atom. The molecule has 1 rings (SSSR count). The van der Waals surface area contributed by atoms with Gasteiger partial charge in [0.05, 0.1) is 12.7 Å². The lowest BCUT2D eigenvalue weighted by molar-refractivity contribution is -0.213. The summed E-state index contributed by atoms with van der Waals surface area (Å²) in [6, 6.07) is -0.518. The zero-order valence-electron chi connectivity index (χ0n) is 6.05. The van der Waals surface area contributed by atoms with E-state index in [-0.39, 0.29) is 13.0 Å². The van der Waals surface area contributed by atoms with Crippen molar-refractivity contribution in [2.45, 2.75) is 31.0 Å². The van der Waals surface area contributed by atoms with Crippen LogP contribution < -0.4 is 5.73 Å². The molecule has 1 aliphatic rings. The van der Waals surface area contributed by atoms with Crippen LogP contribution in [0.5, 0.6) is 0 Å². The maximum atomic E-state index is 9.23. The summed E-state index contributed by atoms with van der Waals surface area (Å²) in [5, 5.41) is 26.9. The first kappa shape index (κ1) is 8.89. The summed E-state index contributed by atoms with van der Waals surface area (Å²) < 4.78 is 4.79. The monoisotopic (exact) mass is 163 g/mol. The molecule has 5 heteroatoms. The van der Waals surface area contributed by atoms with Crippen LogP contribution in [0.4, 0.5) is 0 Å². The zero-order valence-corrected chi connectivity index (χ0v) is 6.05. The largest absolute Gasteiger partial charge is 0.394 e. The highest BCUT2D eigenvalue weighted by Crippen LogP contribution is 2.16. The van der Waals surface area contributed by atoms with E-state index in [2.05, 4.69) is 0 Å². The lowest BCUT2D eigenvalue weighted by Crippen LogP contribution is -2.53. The van der Waals surface area contributed by atoms with Gasteiger partial charge in [-0.2, -0.15) is 0 Å². The number of hydrogen-bond acceptors (Lipinski definition) is 5. The lowest BCUT2D eigenvalue weighted by Gasteiger charge is -2.34. The minimum Gasteiger partial charge on any atom is -0.394 e. The van der Waals surface area contributed by atoms with E-state index in [4.69, 9.17) is 20.7 Å². The molecule has 0 spiro atoms. The molecule has 0 radical (unpaired) electrons. The van der Waals surface area contributed by atoms with Crippen molar-refractivity contribution in [1.82, 2.24) is 0 Å². The second kappa shape index (κ2) is 3.46. The number of aliphatic hydroxyl groups is 3. The van der Waals surface area contributed by atoms with E-state index in [0.29, 0.717) is 0 Å². The minimum atomic E-state index is -0.967. The smallest absolute Gasteiger partial charge is 0.156 e. The molecule has 1 fully saturated rings. The fourth-order valence-electron chi connectivity index (χ4n) is 1.14. The highest BCUT2D eigenvalue weighted by atomic mass is 16.6. The molecule has 1 saturated heterocycles. The molecular weight excluding hydrogens is 150 g/mol. The van der Waals surface area contributed by atoms with Gasteiger partial charge in [-0.05, 0) is 0 Å². The van der Waals surface area contributed by atoms with Gasteiger partial charge in [0, 0.05) is 12.5 Å². The summed E-state index contributed by atoms with van der Waals surface area (Å²) in [6.45, 7) is -0.327. The fraction of sp³-hybridized carbons (Fsp3) is 1.00. The van der Waals surface area contributed by atoms with Crippen LogP contribution in [-0.2, 0) is 4.74 Å². The summed E-state index contributed by atoms with van der Waals surface area (Å²) in [7, 11) is 0. The first-order chi connectivity index (χ1) is 5.15. The van der Waals surface area contributed by atoms with Crippen molar-refractivity contribution in [3.63, 3.8) is 0 Å². The first-order valence-electron chi connectivity index (χ1n) is 3.53. The average molecular weight is 163 g/mol. The van der Waals surface area contributed by atoms with Crippen molar-refractivity contribution in [1.29, 1.82) is 0 Å². The molecule has 0 aromatic heterocycles. The van der Waals surface area contributed by atoms with Gasteiger partial charge < -0.3 is 25.8 Å². The number of hydrogen-bond donors (Lipinski definition) is 4. The van der Waals surface area contributed by atoms with E-state index in [1.165, 1.54) is 0 Å². The summed E-state index contributed by atoms with van der Waals surface area (Å²) in [6.07, 6.45) is -2.40. The molecular formula is C6H13NO4. The molecule has 0 amide bonds. The second-order valence-corrected chi connectivity index (χ2v) is 2.70. The van der Waals surface area contributed by atoms with Gasteiger partial charge in [0.25, 0.3) is 0 Å². The van der Waals surface area contributed by atoms with Gasteiger partial charge in [0.15, 0.2) is 6.29 Å². The van der Waals surface area contributed by atoms with Gasteiger partial charge in [-0.25, -0.2) is 0 Å². The Balaban J connectivity index is 2.51. The van der Waals surface area contributed by atoms with Crippen LogP contribution in [-0.4, -0.2) is 46.5 Å². The summed E-state index contributed by atoms with van der Waals surface area (Å²) in [5.74, 6) is 0. The molecule has 0 bridgehead atoms. The minimum absolute atomic E-state index is 0.206. The van der Waals surface area contributed by atoms with Crippen molar-refractivity contribution in [3.8, 4) is 0 Å². The van der Waals surface area contributed by atoms with Crippen LogP contribution in [0.3, 0.4) is 0 Å². The van der Waals surface area contributed by atoms with Gasteiger partial charge in [0.1, 0.15) is 6.10 Å². The van der Waals surface area contributed by atoms with Gasteiger partial charge in [0.2, 0.25) is 0 Å². The Morgan fingerprint density at radius 2 is 2.09 bits per heavy atom. The Hall–Kier alpha value is -0.200. The molecule has 11 heavy (non-hydrogen) atoms. The molecule has 1 aliphatic heterocycles. The highest BCUT2D eigenvalue weighted by Gasteiger charge is 2.34. The Morgan fingerprint density at radius 3 is 2.64 bits per heavy atom. The first-order valence-corrected chi connectivity index (χ1v) is 3.53. The van der Waals surface area contributed by atoms with Crippen molar-refractivity contribution in [3.05, 3.63) is 0 Å². The number of rotatable bonds is 1. The highest BCUT2D eigenvalue weighted by molar-refractivity contribution is 4.84. The molecule has 0 aliphatic carbocycles. The predicted molar refractivity (Wildman–Crippen MR) is 36.6 cm³/mol. The SMILES string of the molecule is N[C@H]1C[C@H](O)O[C@@H](CO)[C@H]1O. The van der Waals surface area contributed by atoms with Gasteiger partial charge in [-0.1, -0.05) is 0 Å². The van der Waals surface area contributed by atoms with Crippen molar-refractivity contribution in [2.24, 2.45) is 5.73 Å². The summed E-state index contributed by atoms with van der Waals surface area (Å²) in [5.41, 5.74) is 5.43. The third-order valence-corrected chi connectivity index (χ3v) is 1.81. The molecule has 0 aromatic rings. The van der Waals surface area contributed by atoms with E-state index in [1.54, 1.807) is 0 Å². The van der Waals surface area contributed by atoms with E-state index in [1.807, 2.05) is 0 Å². The standard InChI is InChI=1S/C6H13NO4/c7-3-1-5(9)11-4(2-8)6(3)10/h3-6,8-10H,1-2,7H2/t3-,4-,5+,6-/m0/s1. The number of aliphatic hydroxyl groups excluding tert-OH is 3. The van der Waals surface area contributed by atoms with Crippen molar-refractivity contribution in [2.75, 3.05) is 6.61 Å². The maximum Gasteiger partial charge on any atom is 0.156 e. The van der Waals surface area contributed by atoms with Crippen LogP contribution in [0.1, 0.15) is 6.42 Å². The third-order valence-electron chi connectivity index (χ3n) is 1.81. The van der Waals surface area contributed by atoms with Crippen LogP contribution in [0.15, 0.2) is 0 Å². The molecule has 0 unspecified atom stereocenters. The molecule has 1 heterocycles. The van der Waals surface area contributed by atoms with Crippen molar-refractivity contribution < 1.29 is 20.1 Å². The Bertz CT molecular complexity index is 132. The lowest BCUT2D eigenvalue weighted by atomic mass is 10.0. The van der Waals surface area contributed by atoms with E-state index in [9.17, 15) is 5.11 Å². The molecule has 5 nitrogen and oxygen atoms in total. The number of ether oxygens (including phenoxy) is 1. The summed E-state index contributed by atoms with van der Waals surface area (Å²) in [4.78, 5) is 0. The van der Waals surface area contributed by atoms with Gasteiger partial charge in [-0.3, -0.25) is 0 Å². The number of nitrogens with two attached hydrogens (primary N) is 1. The molecule has 66 valence electrons. The molecule has 5 N–H and O–H groups in total. The quantitative estimate of drug-likeness (QED) is 0.351. The van der Waals surface area contributed by atoms with E-state index < -0.39 is 24.5 Å². The predicted octanol–water partition coefficient (Wildman–Crippen LogP) is -2.23. The summed E-state index contributed by atoms with van der Waals surface area (Å²) >= 11 is 0. The molecule has 0 saturated carbocycles. The molecule has 4 atom stereocenters. The average Bonchev–Trinajstić information content (AvgIpc) is 1.96.